The standard InChI is InChI=1S/C30H38OS/c31-25-17-6-4-2-1-3-5-7-18-26-32-30(27-19-11-8-12-20-27,28-21-13-9-14-22-28)29-23-15-10-16-24-29/h8-16,19-24,31H,1-7,17-18,25-26H2. The Labute approximate surface area is 199 Å². The van der Waals surface area contributed by atoms with Gasteiger partial charge in [-0.2, -0.15) is 0 Å². The zero-order valence-corrected chi connectivity index (χ0v) is 20.1. The zero-order valence-electron chi connectivity index (χ0n) is 19.3. The molecule has 0 heterocycles. The molecule has 3 aromatic carbocycles. The molecule has 1 nitrogen and oxygen atoms in total. The maximum Gasteiger partial charge on any atom is 0.0906 e. The third kappa shape index (κ3) is 6.98. The van der Waals surface area contributed by atoms with E-state index in [0.717, 1.165) is 12.2 Å². The van der Waals surface area contributed by atoms with Crippen LogP contribution in [0.3, 0.4) is 0 Å². The summed E-state index contributed by atoms with van der Waals surface area (Å²) in [7, 11) is 0. The zero-order chi connectivity index (χ0) is 22.3. The number of thioether (sulfide) groups is 1. The van der Waals surface area contributed by atoms with Gasteiger partial charge in [0.15, 0.2) is 0 Å². The van der Waals surface area contributed by atoms with Gasteiger partial charge >= 0.3 is 0 Å². The summed E-state index contributed by atoms with van der Waals surface area (Å²) in [4.78, 5) is 0. The van der Waals surface area contributed by atoms with E-state index in [9.17, 15) is 0 Å². The molecule has 0 amide bonds. The van der Waals surface area contributed by atoms with Crippen LogP contribution in [0.15, 0.2) is 91.0 Å². The number of unbranched alkanes of at least 4 members (excludes halogenated alkanes) is 8. The summed E-state index contributed by atoms with van der Waals surface area (Å²) in [6.07, 6.45) is 11.3. The topological polar surface area (TPSA) is 20.2 Å². The summed E-state index contributed by atoms with van der Waals surface area (Å²) in [5, 5.41) is 8.86. The molecule has 0 saturated heterocycles. The van der Waals surface area contributed by atoms with Crippen molar-refractivity contribution < 1.29 is 5.11 Å². The summed E-state index contributed by atoms with van der Waals surface area (Å²) < 4.78 is -0.184. The van der Waals surface area contributed by atoms with Crippen molar-refractivity contribution in [2.24, 2.45) is 0 Å². The fourth-order valence-electron chi connectivity index (χ4n) is 4.45. The number of benzene rings is 3. The number of rotatable bonds is 15. The highest BCUT2D eigenvalue weighted by molar-refractivity contribution is 8.00. The van der Waals surface area contributed by atoms with Crippen molar-refractivity contribution >= 4 is 11.8 Å². The first-order valence-corrected chi connectivity index (χ1v) is 13.3. The van der Waals surface area contributed by atoms with Gasteiger partial charge in [0.05, 0.1) is 4.75 Å². The summed E-state index contributed by atoms with van der Waals surface area (Å²) in [6.45, 7) is 0.341. The molecule has 32 heavy (non-hydrogen) atoms. The van der Waals surface area contributed by atoms with E-state index in [-0.39, 0.29) is 4.75 Å². The molecule has 0 fully saturated rings. The fourth-order valence-corrected chi connectivity index (χ4v) is 6.01. The van der Waals surface area contributed by atoms with Crippen molar-refractivity contribution in [2.75, 3.05) is 12.4 Å². The summed E-state index contributed by atoms with van der Waals surface area (Å²) in [5.74, 6) is 1.15. The Morgan fingerprint density at radius 1 is 0.469 bits per heavy atom. The molecule has 3 rings (SSSR count). The van der Waals surface area contributed by atoms with Crippen molar-refractivity contribution in [2.45, 2.75) is 62.5 Å². The molecule has 0 saturated carbocycles. The number of hydrogen-bond donors (Lipinski definition) is 1. The van der Waals surface area contributed by atoms with E-state index in [1.54, 1.807) is 0 Å². The molecule has 1 N–H and O–H groups in total. The predicted octanol–water partition coefficient (Wildman–Crippen LogP) is 8.21. The molecule has 0 atom stereocenters. The van der Waals surface area contributed by atoms with E-state index >= 15 is 0 Å². The molecule has 0 aliphatic heterocycles. The second kappa shape index (κ2) is 14.2. The minimum absolute atomic E-state index is 0.184. The Hall–Kier alpha value is -2.03. The molecule has 0 unspecified atom stereocenters. The van der Waals surface area contributed by atoms with Gasteiger partial charge in [-0.3, -0.25) is 0 Å². The van der Waals surface area contributed by atoms with Crippen LogP contribution in [0.1, 0.15) is 74.5 Å². The lowest BCUT2D eigenvalue weighted by atomic mass is 9.84. The van der Waals surface area contributed by atoms with E-state index in [1.807, 2.05) is 0 Å². The first-order chi connectivity index (χ1) is 15.9. The lowest BCUT2D eigenvalue weighted by molar-refractivity contribution is 0.282. The lowest BCUT2D eigenvalue weighted by Crippen LogP contribution is -2.26. The average Bonchev–Trinajstić information content (AvgIpc) is 2.87. The third-order valence-corrected chi connectivity index (χ3v) is 7.79. The van der Waals surface area contributed by atoms with Crippen LogP contribution >= 0.6 is 11.8 Å². The summed E-state index contributed by atoms with van der Waals surface area (Å²) in [6, 6.07) is 33.0. The highest BCUT2D eigenvalue weighted by atomic mass is 32.2. The van der Waals surface area contributed by atoms with Crippen molar-refractivity contribution in [1.29, 1.82) is 0 Å². The number of hydrogen-bond acceptors (Lipinski definition) is 2. The third-order valence-electron chi connectivity index (χ3n) is 6.16. The van der Waals surface area contributed by atoms with E-state index in [1.165, 1.54) is 68.1 Å². The molecule has 170 valence electrons. The van der Waals surface area contributed by atoms with Crippen molar-refractivity contribution in [1.82, 2.24) is 0 Å². The minimum Gasteiger partial charge on any atom is -0.396 e. The SMILES string of the molecule is OCCCCCCCCCCCSC(c1ccccc1)(c1ccccc1)c1ccccc1. The highest BCUT2D eigenvalue weighted by Gasteiger charge is 2.36. The monoisotopic (exact) mass is 446 g/mol. The Kier molecular flexibility index (Phi) is 10.9. The van der Waals surface area contributed by atoms with Crippen LogP contribution in [0.5, 0.6) is 0 Å². The van der Waals surface area contributed by atoms with Crippen molar-refractivity contribution in [3.8, 4) is 0 Å². The lowest BCUT2D eigenvalue weighted by Gasteiger charge is -2.35. The van der Waals surface area contributed by atoms with Crippen LogP contribution in [0.25, 0.3) is 0 Å². The van der Waals surface area contributed by atoms with Gasteiger partial charge in [0.2, 0.25) is 0 Å². The molecular weight excluding hydrogens is 408 g/mol. The van der Waals surface area contributed by atoms with Crippen LogP contribution < -0.4 is 0 Å². The van der Waals surface area contributed by atoms with E-state index in [4.69, 9.17) is 5.11 Å². The van der Waals surface area contributed by atoms with Gasteiger partial charge in [-0.25, -0.2) is 0 Å². The van der Waals surface area contributed by atoms with Gasteiger partial charge in [0.25, 0.3) is 0 Å². The molecule has 0 aliphatic rings. The first-order valence-electron chi connectivity index (χ1n) is 12.3. The normalized spacial score (nSPS) is 11.5. The van der Waals surface area contributed by atoms with Crippen LogP contribution in [-0.2, 0) is 4.75 Å². The van der Waals surface area contributed by atoms with E-state index in [0.29, 0.717) is 6.61 Å². The number of aliphatic hydroxyl groups is 1. The Morgan fingerprint density at radius 2 is 0.812 bits per heavy atom. The van der Waals surface area contributed by atoms with E-state index < -0.39 is 0 Å². The van der Waals surface area contributed by atoms with Gasteiger partial charge in [-0.15, -0.1) is 11.8 Å². The van der Waals surface area contributed by atoms with Crippen molar-refractivity contribution in [3.05, 3.63) is 108 Å². The molecular formula is C30H38OS. The summed E-state index contributed by atoms with van der Waals surface area (Å²) in [5.41, 5.74) is 4.06. The molecule has 2 heteroatoms. The van der Waals surface area contributed by atoms with Crippen molar-refractivity contribution in [3.63, 3.8) is 0 Å². The largest absolute Gasteiger partial charge is 0.396 e. The van der Waals surface area contributed by atoms with Gasteiger partial charge in [0.1, 0.15) is 0 Å². The smallest absolute Gasteiger partial charge is 0.0906 e. The maximum absolute atomic E-state index is 8.86. The second-order valence-corrected chi connectivity index (χ2v) is 9.84. The van der Waals surface area contributed by atoms with Gasteiger partial charge in [0, 0.05) is 6.61 Å². The Bertz CT molecular complexity index is 751. The van der Waals surface area contributed by atoms with Gasteiger partial charge in [-0.1, -0.05) is 136 Å². The molecule has 3 aromatic rings. The highest BCUT2D eigenvalue weighted by Crippen LogP contribution is 2.48. The fraction of sp³-hybridized carbons (Fsp3) is 0.400. The molecule has 0 bridgehead atoms. The maximum atomic E-state index is 8.86. The van der Waals surface area contributed by atoms with Crippen LogP contribution in [-0.4, -0.2) is 17.5 Å². The van der Waals surface area contributed by atoms with Crippen LogP contribution in [0.2, 0.25) is 0 Å². The Balaban J connectivity index is 1.64. The molecule has 0 aliphatic carbocycles. The van der Waals surface area contributed by atoms with Gasteiger partial charge < -0.3 is 5.11 Å². The average molecular weight is 447 g/mol. The second-order valence-electron chi connectivity index (χ2n) is 8.53. The quantitative estimate of drug-likeness (QED) is 0.187. The molecule has 0 aromatic heterocycles. The Morgan fingerprint density at radius 3 is 1.19 bits per heavy atom. The molecule has 0 radical (unpaired) electrons. The van der Waals surface area contributed by atoms with E-state index in [2.05, 4.69) is 103 Å². The number of aliphatic hydroxyl groups excluding tert-OH is 1. The first kappa shape index (κ1) is 24.6. The summed E-state index contributed by atoms with van der Waals surface area (Å²) >= 11 is 2.08. The predicted molar refractivity (Wildman–Crippen MR) is 140 cm³/mol. The minimum atomic E-state index is -0.184. The molecule has 0 spiro atoms. The van der Waals surface area contributed by atoms with Crippen LogP contribution in [0.4, 0.5) is 0 Å². The van der Waals surface area contributed by atoms with Gasteiger partial charge in [-0.05, 0) is 35.3 Å². The van der Waals surface area contributed by atoms with Crippen LogP contribution in [0, 0.1) is 0 Å².